The summed E-state index contributed by atoms with van der Waals surface area (Å²) in [6, 6.07) is 7.48. The van der Waals surface area contributed by atoms with Crippen molar-refractivity contribution in [3.8, 4) is 11.4 Å². The van der Waals surface area contributed by atoms with E-state index < -0.39 is 0 Å². The minimum absolute atomic E-state index is 0.0419. The molecule has 1 atom stereocenters. The van der Waals surface area contributed by atoms with Crippen LogP contribution in [0.3, 0.4) is 0 Å². The molecule has 4 heterocycles. The monoisotopic (exact) mass is 539 g/mol. The first-order valence-electron chi connectivity index (χ1n) is 16.1. The lowest BCUT2D eigenvalue weighted by Gasteiger charge is -2.53. The molecule has 1 aromatic carbocycles. The zero-order chi connectivity index (χ0) is 28.8. The lowest BCUT2D eigenvalue weighted by Crippen LogP contribution is -2.70. The lowest BCUT2D eigenvalue weighted by atomic mass is 9.57. The van der Waals surface area contributed by atoms with Crippen molar-refractivity contribution in [2.24, 2.45) is 0 Å². The van der Waals surface area contributed by atoms with Crippen LogP contribution in [-0.4, -0.2) is 16.1 Å². The van der Waals surface area contributed by atoms with Crippen molar-refractivity contribution in [1.29, 1.82) is 0 Å². The minimum atomic E-state index is -0.197. The van der Waals surface area contributed by atoms with Crippen LogP contribution < -0.4 is 9.47 Å². The molecule has 214 valence electrons. The molecule has 3 aromatic rings. The SMILES string of the molecule is C=CC1(CC)c2cc(C(C)(C)C)nc3c2-c2n(c4cc(C)c(C)cc4[n+]2C2(CCCC2)N3CCC)C1(CC)CC. The van der Waals surface area contributed by atoms with Crippen LogP contribution in [0.5, 0.6) is 0 Å². The summed E-state index contributed by atoms with van der Waals surface area (Å²) in [6.07, 6.45) is 11.5. The van der Waals surface area contributed by atoms with Gasteiger partial charge < -0.3 is 4.90 Å². The summed E-state index contributed by atoms with van der Waals surface area (Å²) in [5.74, 6) is 2.63. The van der Waals surface area contributed by atoms with E-state index in [0.29, 0.717) is 0 Å². The molecule has 0 saturated heterocycles. The van der Waals surface area contributed by atoms with E-state index >= 15 is 0 Å². The molecule has 1 saturated carbocycles. The van der Waals surface area contributed by atoms with E-state index in [-0.39, 0.29) is 22.0 Å². The van der Waals surface area contributed by atoms with E-state index in [1.54, 1.807) is 0 Å². The first-order chi connectivity index (χ1) is 19.0. The number of anilines is 1. The second kappa shape index (κ2) is 8.94. The smallest absolute Gasteiger partial charge is 0.296 e. The second-order valence-corrected chi connectivity index (χ2v) is 14.0. The quantitative estimate of drug-likeness (QED) is 0.231. The van der Waals surface area contributed by atoms with Crippen LogP contribution in [0.25, 0.3) is 22.4 Å². The fourth-order valence-electron chi connectivity index (χ4n) is 9.14. The lowest BCUT2D eigenvalue weighted by molar-refractivity contribution is -0.733. The number of imidazole rings is 1. The van der Waals surface area contributed by atoms with Gasteiger partial charge in [0.2, 0.25) is 0 Å². The summed E-state index contributed by atoms with van der Waals surface area (Å²) in [4.78, 5) is 8.40. The molecule has 3 aliphatic rings. The van der Waals surface area contributed by atoms with E-state index in [2.05, 4.69) is 107 Å². The summed E-state index contributed by atoms with van der Waals surface area (Å²) in [5, 5.41) is 0. The van der Waals surface area contributed by atoms with Crippen LogP contribution in [0, 0.1) is 13.8 Å². The first kappa shape index (κ1) is 27.5. The molecule has 0 amide bonds. The van der Waals surface area contributed by atoms with E-state index in [1.807, 2.05) is 0 Å². The predicted molar refractivity (Wildman–Crippen MR) is 168 cm³/mol. The fourth-order valence-corrected chi connectivity index (χ4v) is 9.14. The van der Waals surface area contributed by atoms with Crippen molar-refractivity contribution >= 4 is 16.9 Å². The molecule has 6 rings (SSSR count). The molecule has 1 fully saturated rings. The largest absolute Gasteiger partial charge is 0.314 e. The van der Waals surface area contributed by atoms with Crippen LogP contribution in [0.2, 0.25) is 0 Å². The van der Waals surface area contributed by atoms with Crippen LogP contribution in [0.1, 0.15) is 122 Å². The number of aromatic nitrogens is 3. The van der Waals surface area contributed by atoms with Gasteiger partial charge >= 0.3 is 0 Å². The number of benzene rings is 1. The highest BCUT2D eigenvalue weighted by atomic mass is 15.4. The van der Waals surface area contributed by atoms with E-state index in [1.165, 1.54) is 76.3 Å². The maximum absolute atomic E-state index is 5.64. The number of allylic oxidation sites excluding steroid dienone is 1. The van der Waals surface area contributed by atoms with Crippen LogP contribution in [0.4, 0.5) is 5.82 Å². The van der Waals surface area contributed by atoms with Crippen molar-refractivity contribution in [3.63, 3.8) is 0 Å². The number of nitrogens with zero attached hydrogens (tertiary/aromatic N) is 4. The van der Waals surface area contributed by atoms with Gasteiger partial charge in [-0.1, -0.05) is 54.5 Å². The maximum Gasteiger partial charge on any atom is 0.296 e. The normalized spacial score (nSPS) is 22.3. The standard InChI is InChI=1S/C36H51N4/c1-11-20-38-31-30-26(23-29(37-31)33(8,9)10)34(12-2,13-3)35(14-4,15-5)39-27-21-24(6)25(7)22-28(27)40(32(30)39)36(38)18-16-17-19-36/h12,21-23H,2,11,13-20H2,1,3-10H3/q+1. The molecule has 4 nitrogen and oxygen atoms in total. The van der Waals surface area contributed by atoms with Crippen molar-refractivity contribution in [2.75, 3.05) is 11.4 Å². The summed E-state index contributed by atoms with van der Waals surface area (Å²) in [6.45, 7) is 26.7. The number of aryl methyl sites for hydroxylation is 2. The molecule has 0 N–H and O–H groups in total. The van der Waals surface area contributed by atoms with Gasteiger partial charge in [-0.2, -0.15) is 4.57 Å². The Bertz CT molecular complexity index is 1510. The summed E-state index contributed by atoms with van der Waals surface area (Å²) in [5.41, 5.74) is 9.15. The highest BCUT2D eigenvalue weighted by Crippen LogP contribution is 2.61. The number of fused-ring (bicyclic) bond motifs is 4. The van der Waals surface area contributed by atoms with Gasteiger partial charge in [-0.3, -0.25) is 0 Å². The third-order valence-electron chi connectivity index (χ3n) is 11.3. The second-order valence-electron chi connectivity index (χ2n) is 14.0. The average molecular weight is 540 g/mol. The number of hydrogen-bond donors (Lipinski definition) is 0. The fraction of sp³-hybridized carbons (Fsp3) is 0.611. The Kier molecular flexibility index (Phi) is 6.15. The molecule has 1 aliphatic carbocycles. The van der Waals surface area contributed by atoms with Crippen molar-refractivity contribution in [2.45, 2.75) is 136 Å². The van der Waals surface area contributed by atoms with Crippen molar-refractivity contribution in [3.05, 3.63) is 53.2 Å². The van der Waals surface area contributed by atoms with Gasteiger partial charge in [0.1, 0.15) is 16.9 Å². The molecule has 4 heteroatoms. The topological polar surface area (TPSA) is 24.9 Å². The Morgan fingerprint density at radius 1 is 0.975 bits per heavy atom. The molecule has 1 unspecified atom stereocenters. The summed E-state index contributed by atoms with van der Waals surface area (Å²) >= 11 is 0. The summed E-state index contributed by atoms with van der Waals surface area (Å²) in [7, 11) is 0. The van der Waals surface area contributed by atoms with Crippen molar-refractivity contribution in [1.82, 2.24) is 9.55 Å². The molecule has 2 aromatic heterocycles. The Balaban J connectivity index is 1.94. The van der Waals surface area contributed by atoms with Gasteiger partial charge in [-0.15, -0.1) is 6.58 Å². The number of pyridine rings is 1. The molecular formula is C36H51N4+. The maximum atomic E-state index is 5.64. The van der Waals surface area contributed by atoms with Crippen LogP contribution in [-0.2, 0) is 22.0 Å². The number of hydrogen-bond acceptors (Lipinski definition) is 2. The van der Waals surface area contributed by atoms with Gasteiger partial charge in [0.05, 0.1) is 5.41 Å². The third kappa shape index (κ3) is 3.09. The van der Waals surface area contributed by atoms with Gasteiger partial charge in [0.25, 0.3) is 5.82 Å². The van der Waals surface area contributed by atoms with Gasteiger partial charge in [-0.25, -0.2) is 9.55 Å². The molecule has 2 aliphatic heterocycles. The third-order valence-corrected chi connectivity index (χ3v) is 11.3. The molecular weight excluding hydrogens is 488 g/mol. The van der Waals surface area contributed by atoms with Crippen molar-refractivity contribution < 1.29 is 4.57 Å². The van der Waals surface area contributed by atoms with E-state index in [9.17, 15) is 0 Å². The van der Waals surface area contributed by atoms with Crippen LogP contribution >= 0.6 is 0 Å². The zero-order valence-corrected chi connectivity index (χ0v) is 26.7. The molecule has 1 spiro atoms. The first-order valence-corrected chi connectivity index (χ1v) is 16.1. The van der Waals surface area contributed by atoms with Gasteiger partial charge in [0, 0.05) is 30.5 Å². The summed E-state index contributed by atoms with van der Waals surface area (Å²) < 4.78 is 5.64. The molecule has 40 heavy (non-hydrogen) atoms. The van der Waals surface area contributed by atoms with E-state index in [0.717, 1.165) is 32.2 Å². The molecule has 0 bridgehead atoms. The Morgan fingerprint density at radius 2 is 1.62 bits per heavy atom. The Morgan fingerprint density at radius 3 is 2.17 bits per heavy atom. The Labute approximate surface area is 242 Å². The van der Waals surface area contributed by atoms with Crippen LogP contribution in [0.15, 0.2) is 30.9 Å². The average Bonchev–Trinajstić information content (AvgIpc) is 3.53. The zero-order valence-electron chi connectivity index (χ0n) is 26.7. The number of rotatable bonds is 6. The van der Waals surface area contributed by atoms with E-state index in [4.69, 9.17) is 4.98 Å². The highest BCUT2D eigenvalue weighted by molar-refractivity contribution is 5.87. The minimum Gasteiger partial charge on any atom is -0.314 e. The van der Waals surface area contributed by atoms with Gasteiger partial charge in [-0.05, 0) is 87.3 Å². The Hall–Kier alpha value is -2.62. The highest BCUT2D eigenvalue weighted by Gasteiger charge is 2.65. The van der Waals surface area contributed by atoms with Gasteiger partial charge in [0.15, 0.2) is 16.7 Å². The molecule has 0 radical (unpaired) electrons. The predicted octanol–water partition coefficient (Wildman–Crippen LogP) is 8.72.